The van der Waals surface area contributed by atoms with Gasteiger partial charge in [0.15, 0.2) is 0 Å². The number of rotatable bonds is 0. The molecule has 0 saturated heterocycles. The molecule has 0 radical (unpaired) electrons. The van der Waals surface area contributed by atoms with E-state index in [1.54, 1.807) is 0 Å². The highest BCUT2D eigenvalue weighted by atomic mass is 15.7. The van der Waals surface area contributed by atoms with Crippen LogP contribution in [0, 0.1) is 254 Å². The molecule has 24 unspecified atom stereocenters. The van der Waals surface area contributed by atoms with Gasteiger partial charge in [0.05, 0.1) is 0 Å². The van der Waals surface area contributed by atoms with E-state index in [-0.39, 0.29) is 0 Å². The summed E-state index contributed by atoms with van der Waals surface area (Å²) in [4.78, 5) is 0. The predicted molar refractivity (Wildman–Crippen MR) is 149 cm³/mol. The molecule has 0 bridgehead atoms. The molecule has 0 N–H and O–H groups in total. The summed E-state index contributed by atoms with van der Waals surface area (Å²) in [6, 6.07) is 0. The lowest BCUT2D eigenvalue weighted by Gasteiger charge is -3.70. The van der Waals surface area contributed by atoms with Crippen molar-refractivity contribution in [1.82, 2.24) is 0 Å². The Morgan fingerprint density at radius 3 is 0.592 bits per heavy atom. The van der Waals surface area contributed by atoms with E-state index in [1.165, 1.54) is 118 Å². The van der Waals surface area contributed by atoms with Crippen LogP contribution in [0.15, 0.2) is 0 Å². The Kier molecular flexibility index (Phi) is 0.756. The van der Waals surface area contributed by atoms with Crippen LogP contribution in [-0.2, 0) is 0 Å². The fraction of sp³-hybridized carbons (Fsp3) is 1.00. The van der Waals surface area contributed by atoms with Crippen LogP contribution >= 0.6 is 0 Å². The number of hydrogen-bond donors (Lipinski definition) is 0. The van der Waals surface area contributed by atoms with Gasteiger partial charge in [0.2, 0.25) is 0 Å². The molecule has 0 amide bonds. The summed E-state index contributed by atoms with van der Waals surface area (Å²) in [6.45, 7) is 0. The summed E-state index contributed by atoms with van der Waals surface area (Å²) in [5.41, 5.74) is 28.5. The molecule has 24 atom stereocenters. The summed E-state index contributed by atoms with van der Waals surface area (Å²) in [7, 11) is 0. The molecule has 0 aromatic carbocycles. The molecule has 36 rings (SSSR count). The fourth-order valence-corrected chi connectivity index (χ4v) is 55.7. The van der Waals surface area contributed by atoms with Crippen molar-refractivity contribution >= 4 is 0 Å². The predicted octanol–water partition coefficient (Wildman–Crippen LogP) is 4.02. The molecule has 0 aromatic heterocycles. The molecule has 224 valence electrons. The van der Waals surface area contributed by atoms with Gasteiger partial charge in [0.25, 0.3) is 0 Å². The maximum Gasteiger partial charge on any atom is -0.0000498 e. The standard InChI is InChI=1S/C49H28/c1-5-13-21-15-7-2-9-17-23-19-11-4-12-20-24-18-10-3-8-16-22-14-6(1)25(5)29(13)37(21)31(15)26(7,9)33(17)39(23)35(19)28(11,12)36(20)40(24)34(18)27(8,10)32(16)38(22)30(14,25)41(29)45(37)42(31,33)47(39)44(35,36)48(40)43(32,34)46(38,41)49(45,47)48/h5-24H,1-4H2. The Balaban J connectivity index is 0.892. The minimum absolute atomic E-state index is 1.11. The van der Waals surface area contributed by atoms with Gasteiger partial charge in [0.1, 0.15) is 0 Å². The van der Waals surface area contributed by atoms with E-state index < -0.39 is 0 Å². The highest BCUT2D eigenvalue weighted by molar-refractivity contribution is 6.16. The molecule has 49 heavy (non-hydrogen) atoms. The van der Waals surface area contributed by atoms with E-state index in [0.29, 0.717) is 0 Å². The molecule has 0 aromatic rings. The van der Waals surface area contributed by atoms with Crippen LogP contribution in [0.5, 0.6) is 0 Å². The van der Waals surface area contributed by atoms with Crippen molar-refractivity contribution in [1.29, 1.82) is 0 Å². The van der Waals surface area contributed by atoms with Crippen molar-refractivity contribution in [2.24, 2.45) is 254 Å². The SMILES string of the molecule is C1C2C3C4C5C6CC7C8C9C%10C%11CC%12C%13C%14C%15C%16CC%17C%18C%19C%20C1C21C32C43C54C67C85C96C%107C%11%12C%138C%149C%15%10C%17%16C%18%11C%19%12C%201C21C32C45C63C78C94C%11%10C%121C234. The molecule has 36 fully saturated rings. The number of fused-ring (bicyclic) bond motifs is 16. The van der Waals surface area contributed by atoms with Crippen molar-refractivity contribution in [3.8, 4) is 0 Å². The summed E-state index contributed by atoms with van der Waals surface area (Å²) >= 11 is 0. The minimum Gasteiger partial charge on any atom is -0.0458 e. The molecule has 0 nitrogen and oxygen atoms in total. The smallest absolute Gasteiger partial charge is 0.0000498 e. The van der Waals surface area contributed by atoms with Gasteiger partial charge in [-0.25, -0.2) is 0 Å². The maximum atomic E-state index is 1.86. The van der Waals surface area contributed by atoms with Gasteiger partial charge in [-0.3, -0.25) is 0 Å². The van der Waals surface area contributed by atoms with Crippen LogP contribution in [0.25, 0.3) is 0 Å². The highest BCUT2D eigenvalue weighted by Gasteiger charge is 3.72. The van der Waals surface area contributed by atoms with Gasteiger partial charge in [-0.05, 0) is 279 Å². The monoisotopic (exact) mass is 616 g/mol. The third kappa shape index (κ3) is 0.324. The second-order valence-corrected chi connectivity index (χ2v) is 32.0. The molecule has 36 aliphatic rings. The fourth-order valence-electron chi connectivity index (χ4n) is 55.7. The van der Waals surface area contributed by atoms with Gasteiger partial charge < -0.3 is 0 Å². The molecule has 0 heterocycles. The Morgan fingerprint density at radius 1 is 0.184 bits per heavy atom. The zero-order valence-electron chi connectivity index (χ0n) is 26.9. The first-order valence-corrected chi connectivity index (χ1v) is 24.4. The third-order valence-corrected chi connectivity index (χ3v) is 43.3. The normalized spacial score (nSPS) is 144. The first kappa shape index (κ1) is 16.0. The van der Waals surface area contributed by atoms with E-state index in [4.69, 9.17) is 0 Å². The van der Waals surface area contributed by atoms with E-state index in [0.717, 1.165) is 135 Å². The molecular weight excluding hydrogens is 589 g/mol. The Hall–Kier alpha value is 0. The van der Waals surface area contributed by atoms with Crippen molar-refractivity contribution < 1.29 is 0 Å². The Morgan fingerprint density at radius 2 is 0.388 bits per heavy atom. The second-order valence-electron chi connectivity index (χ2n) is 32.0. The first-order chi connectivity index (χ1) is 24.4. The molecule has 25 spiro atoms. The second kappa shape index (κ2) is 2.32. The average molecular weight is 617 g/mol. The average Bonchev–Trinajstić information content (AvgIpc) is 2.95. The largest absolute Gasteiger partial charge is 0.0458 e. The molecular formula is C49H28. The molecule has 0 heteroatoms. The molecule has 36 saturated carbocycles. The van der Waals surface area contributed by atoms with Gasteiger partial charge in [-0.2, -0.15) is 0 Å². The Bertz CT molecular complexity index is 2680. The lowest BCUT2D eigenvalue weighted by Crippen LogP contribution is -3.69. The molecule has 36 aliphatic carbocycles. The van der Waals surface area contributed by atoms with Gasteiger partial charge >= 0.3 is 0 Å². The van der Waals surface area contributed by atoms with Crippen molar-refractivity contribution in [2.45, 2.75) is 25.7 Å². The van der Waals surface area contributed by atoms with E-state index >= 15 is 0 Å². The maximum absolute atomic E-state index is 1.86. The minimum atomic E-state index is 1.11. The van der Waals surface area contributed by atoms with Crippen LogP contribution in [0.2, 0.25) is 0 Å². The van der Waals surface area contributed by atoms with Crippen molar-refractivity contribution in [3.05, 3.63) is 0 Å². The zero-order chi connectivity index (χ0) is 26.9. The van der Waals surface area contributed by atoms with Crippen LogP contribution in [-0.4, -0.2) is 0 Å². The Labute approximate surface area is 278 Å². The lowest BCUT2D eigenvalue weighted by atomic mass is 8.32. The van der Waals surface area contributed by atoms with Crippen LogP contribution in [0.4, 0.5) is 0 Å². The lowest BCUT2D eigenvalue weighted by molar-refractivity contribution is -1.26. The van der Waals surface area contributed by atoms with Crippen LogP contribution in [0.1, 0.15) is 25.7 Å². The zero-order valence-corrected chi connectivity index (χ0v) is 26.9. The summed E-state index contributed by atoms with van der Waals surface area (Å²) < 4.78 is 0. The van der Waals surface area contributed by atoms with Crippen LogP contribution in [0.3, 0.4) is 0 Å². The summed E-state index contributed by atoms with van der Waals surface area (Å²) in [5.74, 6) is 28.0. The van der Waals surface area contributed by atoms with E-state index in [1.807, 2.05) is 25.7 Å². The van der Waals surface area contributed by atoms with E-state index in [9.17, 15) is 0 Å². The van der Waals surface area contributed by atoms with Gasteiger partial charge in [0, 0.05) is 0 Å². The summed E-state index contributed by atoms with van der Waals surface area (Å²) in [6.07, 6.45) is 7.42. The van der Waals surface area contributed by atoms with Crippen LogP contribution < -0.4 is 0 Å². The quantitative estimate of drug-likeness (QED) is 0.386. The van der Waals surface area contributed by atoms with Crippen molar-refractivity contribution in [3.63, 3.8) is 0 Å². The molecule has 0 aliphatic heterocycles. The third-order valence-electron chi connectivity index (χ3n) is 43.3. The number of hydrogen-bond acceptors (Lipinski definition) is 0. The van der Waals surface area contributed by atoms with Crippen molar-refractivity contribution in [2.75, 3.05) is 0 Å². The topological polar surface area (TPSA) is 0 Å². The highest BCUT2D eigenvalue weighted by Crippen LogP contribution is 3.73. The summed E-state index contributed by atoms with van der Waals surface area (Å²) in [5, 5.41) is 0. The van der Waals surface area contributed by atoms with E-state index in [2.05, 4.69) is 0 Å². The van der Waals surface area contributed by atoms with Gasteiger partial charge in [-0.1, -0.05) is 0 Å². The first-order valence-electron chi connectivity index (χ1n) is 24.4. The van der Waals surface area contributed by atoms with Gasteiger partial charge in [-0.15, -0.1) is 0 Å².